The Labute approximate surface area is 148 Å². The molecule has 0 atom stereocenters. The lowest BCUT2D eigenvalue weighted by Gasteiger charge is -2.04. The standard InChI is InChI=1S/C19H15FN4S/c1-13-5-7-15(8-6-13)19-22-21-17-9-10-18(23-24(17)19)25-12-14-3-2-4-16(20)11-14/h2-11H,12H2,1H3. The molecular formula is C19H15FN4S. The minimum absolute atomic E-state index is 0.220. The summed E-state index contributed by atoms with van der Waals surface area (Å²) in [6.45, 7) is 2.05. The summed E-state index contributed by atoms with van der Waals surface area (Å²) < 4.78 is 15.0. The number of thioether (sulfide) groups is 1. The molecule has 2 aromatic heterocycles. The van der Waals surface area contributed by atoms with Gasteiger partial charge in [-0.3, -0.25) is 0 Å². The molecule has 25 heavy (non-hydrogen) atoms. The van der Waals surface area contributed by atoms with E-state index in [4.69, 9.17) is 0 Å². The molecule has 0 aliphatic rings. The van der Waals surface area contributed by atoms with Crippen LogP contribution in [0.2, 0.25) is 0 Å². The number of benzene rings is 2. The predicted octanol–water partition coefficient (Wildman–Crippen LogP) is 4.53. The number of rotatable bonds is 4. The highest BCUT2D eigenvalue weighted by molar-refractivity contribution is 7.98. The van der Waals surface area contributed by atoms with Crippen LogP contribution in [0.3, 0.4) is 0 Å². The van der Waals surface area contributed by atoms with Crippen molar-refractivity contribution < 1.29 is 4.39 Å². The SMILES string of the molecule is Cc1ccc(-c2nnc3ccc(SCc4cccc(F)c4)nn23)cc1. The van der Waals surface area contributed by atoms with Crippen LogP contribution in [0.4, 0.5) is 4.39 Å². The van der Waals surface area contributed by atoms with Crippen molar-refractivity contribution in [2.24, 2.45) is 0 Å². The molecule has 4 rings (SSSR count). The number of fused-ring (bicyclic) bond motifs is 1. The number of hydrogen-bond donors (Lipinski definition) is 0. The summed E-state index contributed by atoms with van der Waals surface area (Å²) in [5, 5.41) is 13.9. The Hall–Kier alpha value is -2.73. The van der Waals surface area contributed by atoms with Crippen LogP contribution < -0.4 is 0 Å². The summed E-state index contributed by atoms with van der Waals surface area (Å²) >= 11 is 1.55. The molecule has 0 unspecified atom stereocenters. The number of hydrogen-bond acceptors (Lipinski definition) is 4. The topological polar surface area (TPSA) is 43.1 Å². The van der Waals surface area contributed by atoms with Gasteiger partial charge in [0.05, 0.1) is 0 Å². The Kier molecular flexibility index (Phi) is 4.19. The van der Waals surface area contributed by atoms with Crippen molar-refractivity contribution in [3.05, 3.63) is 77.6 Å². The normalized spacial score (nSPS) is 11.1. The maximum Gasteiger partial charge on any atom is 0.185 e. The second-order valence-corrected chi connectivity index (χ2v) is 6.75. The lowest BCUT2D eigenvalue weighted by molar-refractivity contribution is 0.626. The van der Waals surface area contributed by atoms with Gasteiger partial charge in [-0.15, -0.1) is 10.2 Å². The maximum atomic E-state index is 13.3. The third-order valence-corrected chi connectivity index (χ3v) is 4.82. The van der Waals surface area contributed by atoms with Crippen molar-refractivity contribution in [3.8, 4) is 11.4 Å². The van der Waals surface area contributed by atoms with Gasteiger partial charge in [-0.05, 0) is 36.8 Å². The highest BCUT2D eigenvalue weighted by atomic mass is 32.2. The smallest absolute Gasteiger partial charge is 0.185 e. The minimum Gasteiger partial charge on any atom is -0.207 e. The molecule has 0 fully saturated rings. The average Bonchev–Trinajstić information content (AvgIpc) is 3.04. The molecule has 4 nitrogen and oxygen atoms in total. The molecule has 0 aliphatic carbocycles. The van der Waals surface area contributed by atoms with E-state index >= 15 is 0 Å². The molecule has 0 amide bonds. The second kappa shape index (κ2) is 6.64. The van der Waals surface area contributed by atoms with Crippen LogP contribution in [0.15, 0.2) is 65.7 Å². The van der Waals surface area contributed by atoms with Gasteiger partial charge < -0.3 is 0 Å². The molecule has 124 valence electrons. The predicted molar refractivity (Wildman–Crippen MR) is 96.9 cm³/mol. The van der Waals surface area contributed by atoms with Crippen LogP contribution in [-0.4, -0.2) is 19.8 Å². The molecule has 0 saturated heterocycles. The maximum absolute atomic E-state index is 13.3. The Morgan fingerprint density at radius 2 is 1.84 bits per heavy atom. The van der Waals surface area contributed by atoms with Gasteiger partial charge in [0.2, 0.25) is 0 Å². The first-order chi connectivity index (χ1) is 12.2. The van der Waals surface area contributed by atoms with E-state index in [1.807, 2.05) is 49.4 Å². The van der Waals surface area contributed by atoms with E-state index in [0.717, 1.165) is 16.2 Å². The zero-order valence-electron chi connectivity index (χ0n) is 13.6. The Bertz CT molecular complexity index is 1030. The van der Waals surface area contributed by atoms with Gasteiger partial charge in [0, 0.05) is 11.3 Å². The Balaban J connectivity index is 1.63. The fourth-order valence-electron chi connectivity index (χ4n) is 2.52. The molecule has 0 bridgehead atoms. The number of halogens is 1. The fourth-order valence-corrected chi connectivity index (χ4v) is 3.31. The van der Waals surface area contributed by atoms with Gasteiger partial charge in [-0.25, -0.2) is 4.39 Å². The van der Waals surface area contributed by atoms with Crippen LogP contribution in [0.1, 0.15) is 11.1 Å². The third-order valence-electron chi connectivity index (χ3n) is 3.82. The molecule has 2 heterocycles. The largest absolute Gasteiger partial charge is 0.207 e. The van der Waals surface area contributed by atoms with Crippen molar-refractivity contribution in [2.75, 3.05) is 0 Å². The first kappa shape index (κ1) is 15.8. The molecular weight excluding hydrogens is 335 g/mol. The molecule has 0 aliphatic heterocycles. The quantitative estimate of drug-likeness (QED) is 0.507. The average molecular weight is 350 g/mol. The van der Waals surface area contributed by atoms with Crippen molar-refractivity contribution in [1.29, 1.82) is 0 Å². The lowest BCUT2D eigenvalue weighted by Crippen LogP contribution is -1.96. The van der Waals surface area contributed by atoms with E-state index in [1.165, 1.54) is 11.6 Å². The van der Waals surface area contributed by atoms with E-state index in [1.54, 1.807) is 28.4 Å². The Morgan fingerprint density at radius 1 is 1.00 bits per heavy atom. The summed E-state index contributed by atoms with van der Waals surface area (Å²) in [4.78, 5) is 0. The van der Waals surface area contributed by atoms with E-state index in [-0.39, 0.29) is 5.82 Å². The minimum atomic E-state index is -0.220. The van der Waals surface area contributed by atoms with E-state index in [9.17, 15) is 4.39 Å². The van der Waals surface area contributed by atoms with Crippen LogP contribution in [-0.2, 0) is 5.75 Å². The van der Waals surface area contributed by atoms with Crippen molar-refractivity contribution >= 4 is 17.4 Å². The van der Waals surface area contributed by atoms with Crippen LogP contribution in [0.5, 0.6) is 0 Å². The van der Waals surface area contributed by atoms with E-state index in [0.29, 0.717) is 17.2 Å². The van der Waals surface area contributed by atoms with Crippen molar-refractivity contribution in [3.63, 3.8) is 0 Å². The molecule has 0 saturated carbocycles. The number of aryl methyl sites for hydroxylation is 1. The molecule has 6 heteroatoms. The monoisotopic (exact) mass is 350 g/mol. The fraction of sp³-hybridized carbons (Fsp3) is 0.105. The first-order valence-electron chi connectivity index (χ1n) is 7.86. The van der Waals surface area contributed by atoms with Crippen LogP contribution >= 0.6 is 11.8 Å². The summed E-state index contributed by atoms with van der Waals surface area (Å²) in [5.41, 5.74) is 3.79. The molecule has 4 aromatic rings. The highest BCUT2D eigenvalue weighted by Crippen LogP contribution is 2.23. The van der Waals surface area contributed by atoms with Crippen LogP contribution in [0.25, 0.3) is 17.0 Å². The number of aromatic nitrogens is 4. The summed E-state index contributed by atoms with van der Waals surface area (Å²) in [5.74, 6) is 1.14. The van der Waals surface area contributed by atoms with E-state index in [2.05, 4.69) is 15.3 Å². The molecule has 2 aromatic carbocycles. The van der Waals surface area contributed by atoms with E-state index < -0.39 is 0 Å². The van der Waals surface area contributed by atoms with Gasteiger partial charge in [0.1, 0.15) is 10.8 Å². The van der Waals surface area contributed by atoms with Gasteiger partial charge in [0.15, 0.2) is 11.5 Å². The molecule has 0 radical (unpaired) electrons. The number of nitrogens with zero attached hydrogens (tertiary/aromatic N) is 4. The highest BCUT2D eigenvalue weighted by Gasteiger charge is 2.10. The zero-order valence-corrected chi connectivity index (χ0v) is 14.4. The first-order valence-corrected chi connectivity index (χ1v) is 8.84. The molecule has 0 N–H and O–H groups in total. The van der Waals surface area contributed by atoms with Gasteiger partial charge in [0.25, 0.3) is 0 Å². The Morgan fingerprint density at radius 3 is 2.64 bits per heavy atom. The second-order valence-electron chi connectivity index (χ2n) is 5.75. The van der Waals surface area contributed by atoms with Gasteiger partial charge in [-0.2, -0.15) is 9.61 Å². The third kappa shape index (κ3) is 3.39. The van der Waals surface area contributed by atoms with Gasteiger partial charge >= 0.3 is 0 Å². The van der Waals surface area contributed by atoms with Crippen LogP contribution in [0, 0.1) is 12.7 Å². The van der Waals surface area contributed by atoms with Crippen molar-refractivity contribution in [1.82, 2.24) is 19.8 Å². The summed E-state index contributed by atoms with van der Waals surface area (Å²) in [6, 6.07) is 18.5. The van der Waals surface area contributed by atoms with Gasteiger partial charge in [-0.1, -0.05) is 53.7 Å². The summed E-state index contributed by atoms with van der Waals surface area (Å²) in [6.07, 6.45) is 0. The lowest BCUT2D eigenvalue weighted by atomic mass is 10.1. The molecule has 0 spiro atoms. The summed E-state index contributed by atoms with van der Waals surface area (Å²) in [7, 11) is 0. The zero-order chi connectivity index (χ0) is 17.2. The van der Waals surface area contributed by atoms with Crippen molar-refractivity contribution in [2.45, 2.75) is 17.7 Å².